The van der Waals surface area contributed by atoms with Crippen molar-refractivity contribution in [2.45, 2.75) is 33.7 Å². The van der Waals surface area contributed by atoms with E-state index in [1.54, 1.807) is 18.6 Å². The van der Waals surface area contributed by atoms with Crippen LogP contribution in [-0.4, -0.2) is 50.0 Å². The third-order valence-electron chi connectivity index (χ3n) is 16.2. The van der Waals surface area contributed by atoms with Gasteiger partial charge >= 0.3 is 60.3 Å². The van der Waals surface area contributed by atoms with Crippen molar-refractivity contribution in [1.82, 2.24) is 29.9 Å². The van der Waals surface area contributed by atoms with E-state index in [0.717, 1.165) is 85.4 Å². The number of pyridine rings is 6. The van der Waals surface area contributed by atoms with E-state index in [1.165, 1.54) is 33.4 Å². The largest absolute Gasteiger partial charge is 3.00 e. The number of hydrogen-bond donors (Lipinski definition) is 0. The Morgan fingerprint density at radius 1 is 0.340 bits per heavy atom. The molecular formula is C88H73Ir3N12. The topological polar surface area (TPSA) is 96.8 Å². The summed E-state index contributed by atoms with van der Waals surface area (Å²) in [6.07, 6.45) is 11.1. The zero-order valence-electron chi connectivity index (χ0n) is 57.6. The second-order valence-corrected chi connectivity index (χ2v) is 23.6. The first kappa shape index (κ1) is 76.6. The average molecular weight is 1880 g/mol. The summed E-state index contributed by atoms with van der Waals surface area (Å²) in [6.45, 7) is 14.6. The molecule has 8 aromatic carbocycles. The normalized spacial score (nSPS) is 11.8. The van der Waals surface area contributed by atoms with Crippen LogP contribution in [-0.2, 0) is 60.3 Å². The molecule has 0 spiro atoms. The molecule has 17 rings (SSSR count). The molecule has 0 bridgehead atoms. The zero-order valence-corrected chi connectivity index (χ0v) is 64.8. The molecule has 14 aromatic rings. The van der Waals surface area contributed by atoms with Crippen molar-refractivity contribution in [1.29, 1.82) is 0 Å². The summed E-state index contributed by atoms with van der Waals surface area (Å²) >= 11 is 0. The Labute approximate surface area is 647 Å². The van der Waals surface area contributed by atoms with E-state index in [0.29, 0.717) is 6.04 Å². The molecule has 3 aliphatic heterocycles. The molecule has 0 saturated heterocycles. The Hall–Kier alpha value is -10.6. The number of hydrogen-bond acceptors (Lipinski definition) is 12. The molecule has 512 valence electrons. The van der Waals surface area contributed by atoms with E-state index in [2.05, 4.69) is 186 Å². The van der Waals surface area contributed by atoms with Crippen molar-refractivity contribution in [3.05, 3.63) is 378 Å². The van der Waals surface area contributed by atoms with E-state index >= 15 is 0 Å². The molecule has 9 heterocycles. The SMILES string of the molecule is CC(C)N1[CH-]N(c2[c-]cccc2)c2cccnc21.CN1[CH-]N(c2[c-]cccc2)c2cccnc21.CN1[CH-]N(c2[c-]cccc2)c2cccnc21.Cc1cc(-c2[c-]cccc2)ncc1-c1ccccc1.Cc1ccc(-c2[c-]cc(-c3ccccc3)cc2)nc1.[Ir+3].[Ir+3].[Ir+3].[c-]1ccccc1-c1ccccn1. The van der Waals surface area contributed by atoms with Gasteiger partial charge in [-0.25, -0.2) is 15.0 Å². The average Bonchev–Trinajstić information content (AvgIpc) is 1.58. The Morgan fingerprint density at radius 2 is 0.777 bits per heavy atom. The van der Waals surface area contributed by atoms with Crippen molar-refractivity contribution < 1.29 is 60.3 Å². The van der Waals surface area contributed by atoms with Crippen LogP contribution in [0.2, 0.25) is 0 Å². The van der Waals surface area contributed by atoms with E-state index in [4.69, 9.17) is 0 Å². The number of aromatic nitrogens is 6. The summed E-state index contributed by atoms with van der Waals surface area (Å²) in [5, 5.41) is 0. The Morgan fingerprint density at radius 3 is 1.22 bits per heavy atom. The van der Waals surface area contributed by atoms with Crippen LogP contribution < -0.4 is 29.4 Å². The smallest absolute Gasteiger partial charge is 0.492 e. The minimum absolute atomic E-state index is 0. The fraction of sp³-hybridized carbons (Fsp3) is 0.0795. The number of benzene rings is 8. The quantitative estimate of drug-likeness (QED) is 0.129. The molecular weight excluding hydrogens is 1800 g/mol. The van der Waals surface area contributed by atoms with Gasteiger partial charge in [-0.05, 0) is 124 Å². The standard InChI is InChI=1S/2C18H14N.C15H15N3.2C13H11N3.C11H8N.3Ir/c1-14-12-18(16-10-6-3-7-11-16)19-13-17(14)15-8-4-2-5-9-15;1-14-7-12-18(19-13-14)17-10-8-16(9-11-17)15-5-3-2-4-6-15;1-12(2)17-11-18(13-7-4-3-5-8-13)14-9-6-10-16-15(14)17;2*1-15-10-16(11-6-3-2-4-7-11)12-8-5-9-14-13(12)15;1-2-6-10(7-3-1)11-8-4-5-9-12-11;;;/h2*2-10,12-13H,1H3;3-7,9-12H,1-2H3;2*2-6,8-10H,1H3;1-6,8-9H;;;/q2*-1;3*-2;-1;3*+3. The van der Waals surface area contributed by atoms with Gasteiger partial charge in [-0.3, -0.25) is 0 Å². The maximum absolute atomic E-state index is 4.55. The molecule has 0 amide bonds. The summed E-state index contributed by atoms with van der Waals surface area (Å²) in [5.74, 6) is 2.95. The van der Waals surface area contributed by atoms with E-state index < -0.39 is 0 Å². The monoisotopic (exact) mass is 1880 g/mol. The zero-order chi connectivity index (χ0) is 68.8. The van der Waals surface area contributed by atoms with Gasteiger partial charge in [-0.2, -0.15) is 104 Å². The third kappa shape index (κ3) is 19.9. The van der Waals surface area contributed by atoms with Crippen molar-refractivity contribution in [2.75, 3.05) is 43.5 Å². The van der Waals surface area contributed by atoms with E-state index in [1.807, 2.05) is 263 Å². The molecule has 0 saturated carbocycles. The summed E-state index contributed by atoms with van der Waals surface area (Å²) in [5.41, 5.74) is 19.6. The van der Waals surface area contributed by atoms with Crippen LogP contribution in [0.25, 0.3) is 56.0 Å². The van der Waals surface area contributed by atoms with Crippen LogP contribution in [0, 0.1) is 70.3 Å². The van der Waals surface area contributed by atoms with Crippen LogP contribution in [0.1, 0.15) is 25.0 Å². The number of para-hydroxylation sites is 3. The number of nitrogens with zero attached hydrogens (tertiary/aromatic N) is 12. The molecule has 6 aromatic heterocycles. The summed E-state index contributed by atoms with van der Waals surface area (Å²) < 4.78 is 0. The molecule has 12 nitrogen and oxygen atoms in total. The predicted molar refractivity (Wildman–Crippen MR) is 408 cm³/mol. The van der Waals surface area contributed by atoms with Crippen LogP contribution in [0.15, 0.2) is 310 Å². The van der Waals surface area contributed by atoms with E-state index in [9.17, 15) is 0 Å². The van der Waals surface area contributed by atoms with Crippen LogP contribution in [0.4, 0.5) is 51.6 Å². The number of rotatable bonds is 9. The molecule has 0 radical (unpaired) electrons. The molecule has 15 heteroatoms. The maximum atomic E-state index is 4.55. The van der Waals surface area contributed by atoms with Crippen LogP contribution >= 0.6 is 0 Å². The van der Waals surface area contributed by atoms with Crippen molar-refractivity contribution >= 4 is 51.6 Å². The Balaban J connectivity index is 0.000000143. The van der Waals surface area contributed by atoms with Gasteiger partial charge in [0.15, 0.2) is 0 Å². The maximum Gasteiger partial charge on any atom is 3.00 e. The fourth-order valence-electron chi connectivity index (χ4n) is 11.1. The van der Waals surface area contributed by atoms with Gasteiger partial charge in [0.1, 0.15) is 17.5 Å². The van der Waals surface area contributed by atoms with E-state index in [-0.39, 0.29) is 60.3 Å². The number of anilines is 9. The van der Waals surface area contributed by atoms with Gasteiger partial charge in [-0.15, -0.1) is 125 Å². The molecule has 3 aliphatic rings. The van der Waals surface area contributed by atoms with Gasteiger partial charge in [0, 0.05) is 42.7 Å². The number of fused-ring (bicyclic) bond motifs is 3. The Bertz CT molecular complexity index is 4660. The van der Waals surface area contributed by atoms with Crippen LogP contribution in [0.5, 0.6) is 0 Å². The van der Waals surface area contributed by atoms with Gasteiger partial charge in [0.2, 0.25) is 0 Å². The minimum atomic E-state index is 0. The third-order valence-corrected chi connectivity index (χ3v) is 16.2. The first-order valence-corrected chi connectivity index (χ1v) is 32.9. The summed E-state index contributed by atoms with van der Waals surface area (Å²) in [7, 11) is 3.99. The van der Waals surface area contributed by atoms with Crippen molar-refractivity contribution in [3.63, 3.8) is 0 Å². The summed E-state index contributed by atoms with van der Waals surface area (Å²) in [4.78, 5) is 38.9. The minimum Gasteiger partial charge on any atom is -0.492 e. The molecule has 103 heavy (non-hydrogen) atoms. The molecule has 0 fully saturated rings. The number of aryl methyl sites for hydroxylation is 2. The van der Waals surface area contributed by atoms with Gasteiger partial charge in [-0.1, -0.05) is 102 Å². The van der Waals surface area contributed by atoms with Crippen molar-refractivity contribution in [2.24, 2.45) is 0 Å². The molecule has 0 unspecified atom stereocenters. The van der Waals surface area contributed by atoms with Gasteiger partial charge < -0.3 is 44.4 Å². The molecule has 0 N–H and O–H groups in total. The van der Waals surface area contributed by atoms with Gasteiger partial charge in [0.25, 0.3) is 0 Å². The predicted octanol–water partition coefficient (Wildman–Crippen LogP) is 20.1. The molecule has 0 aliphatic carbocycles. The fourth-order valence-corrected chi connectivity index (χ4v) is 11.1. The molecule has 0 atom stereocenters. The van der Waals surface area contributed by atoms with Gasteiger partial charge in [0.05, 0.1) is 17.1 Å². The van der Waals surface area contributed by atoms with Crippen LogP contribution in [0.3, 0.4) is 0 Å². The van der Waals surface area contributed by atoms with Crippen molar-refractivity contribution in [3.8, 4) is 56.0 Å². The Kier molecular flexibility index (Phi) is 28.6. The second kappa shape index (κ2) is 38.4. The second-order valence-electron chi connectivity index (χ2n) is 23.6. The first-order valence-electron chi connectivity index (χ1n) is 32.9. The first-order chi connectivity index (χ1) is 49.1. The summed E-state index contributed by atoms with van der Waals surface area (Å²) in [6, 6.07) is 110.